The van der Waals surface area contributed by atoms with Crippen molar-refractivity contribution in [2.45, 2.75) is 89.9 Å². The molecular weight excluding hydrogens is 388 g/mol. The molecular formula is C27H42O4. The third kappa shape index (κ3) is 5.42. The van der Waals surface area contributed by atoms with Gasteiger partial charge in [0.1, 0.15) is 0 Å². The van der Waals surface area contributed by atoms with Crippen molar-refractivity contribution >= 4 is 0 Å². The van der Waals surface area contributed by atoms with E-state index in [0.29, 0.717) is 37.0 Å². The molecule has 3 aliphatic carbocycles. The summed E-state index contributed by atoms with van der Waals surface area (Å²) in [5, 5.41) is 39.5. The third-order valence-electron chi connectivity index (χ3n) is 8.27. The lowest BCUT2D eigenvalue weighted by molar-refractivity contribution is 0.00435. The average molecular weight is 431 g/mol. The van der Waals surface area contributed by atoms with Gasteiger partial charge >= 0.3 is 0 Å². The summed E-state index contributed by atoms with van der Waals surface area (Å²) in [6, 6.07) is 0. The van der Waals surface area contributed by atoms with E-state index >= 15 is 0 Å². The predicted molar refractivity (Wildman–Crippen MR) is 125 cm³/mol. The molecule has 0 aliphatic heterocycles. The molecule has 0 aromatic heterocycles. The molecule has 0 saturated heterocycles. The molecule has 4 N–H and O–H groups in total. The molecule has 3 saturated carbocycles. The van der Waals surface area contributed by atoms with Gasteiger partial charge in [0.15, 0.2) is 0 Å². The van der Waals surface area contributed by atoms with Gasteiger partial charge < -0.3 is 20.4 Å². The molecule has 31 heavy (non-hydrogen) atoms. The maximum atomic E-state index is 10.1. The topological polar surface area (TPSA) is 80.9 Å². The quantitative estimate of drug-likeness (QED) is 0.469. The fourth-order valence-corrected chi connectivity index (χ4v) is 6.34. The predicted octanol–water partition coefficient (Wildman–Crippen LogP) is 4.45. The number of fused-ring (bicyclic) bond motifs is 1. The van der Waals surface area contributed by atoms with Crippen molar-refractivity contribution < 1.29 is 20.4 Å². The molecule has 0 radical (unpaired) electrons. The highest BCUT2D eigenvalue weighted by atomic mass is 16.3. The maximum absolute atomic E-state index is 10.1. The molecule has 0 spiro atoms. The number of hydrogen-bond donors (Lipinski definition) is 4. The first-order chi connectivity index (χ1) is 14.6. The highest BCUT2D eigenvalue weighted by Crippen LogP contribution is 2.59. The number of aliphatic hydroxyl groups is 4. The van der Waals surface area contributed by atoms with E-state index in [0.717, 1.165) is 17.6 Å². The highest BCUT2D eigenvalue weighted by Gasteiger charge is 2.50. The molecule has 0 aromatic rings. The van der Waals surface area contributed by atoms with E-state index in [4.69, 9.17) is 0 Å². The second kappa shape index (κ2) is 9.74. The van der Waals surface area contributed by atoms with Gasteiger partial charge in [0.2, 0.25) is 0 Å². The first-order valence-corrected chi connectivity index (χ1v) is 12.0. The number of allylic oxidation sites excluding steroid dienone is 4. The van der Waals surface area contributed by atoms with E-state index in [1.165, 1.54) is 31.3 Å². The van der Waals surface area contributed by atoms with Crippen LogP contribution in [0.25, 0.3) is 0 Å². The molecule has 3 fully saturated rings. The Hall–Kier alpha value is -1.20. The minimum atomic E-state index is -1.04. The largest absolute Gasteiger partial charge is 0.393 e. The minimum absolute atomic E-state index is 0.223. The summed E-state index contributed by atoms with van der Waals surface area (Å²) in [5.74, 6) is 1.62. The van der Waals surface area contributed by atoms with Crippen LogP contribution in [0.4, 0.5) is 0 Å². The minimum Gasteiger partial charge on any atom is -0.393 e. The number of hydrogen-bond acceptors (Lipinski definition) is 4. The molecule has 2 unspecified atom stereocenters. The smallest absolute Gasteiger partial charge is 0.0883 e. The van der Waals surface area contributed by atoms with E-state index in [9.17, 15) is 20.4 Å². The van der Waals surface area contributed by atoms with Gasteiger partial charge in [-0.25, -0.2) is 0 Å². The second-order valence-corrected chi connectivity index (χ2v) is 10.8. The zero-order valence-electron chi connectivity index (χ0n) is 19.6. The standard InChI is InChI=1S/C27H42O4/c1-18(7-5-13-26(3,31)17-28)23-11-12-24-20(8-6-14-27(23,24)4)9-10-21-15-22(29)16-25(30)19(21)2/h5,7,9-10,18,22-25,28-31H,2,6,8,11-17H2,1,3-4H3/b7-5+,20-9+,21-10-/t18?,22-,23?,24-,25+,26+,27+/m0/s1. The molecule has 4 heteroatoms. The molecule has 3 aliphatic rings. The lowest BCUT2D eigenvalue weighted by Crippen LogP contribution is -2.35. The Morgan fingerprint density at radius 2 is 2.00 bits per heavy atom. The van der Waals surface area contributed by atoms with Gasteiger partial charge in [-0.05, 0) is 86.2 Å². The van der Waals surface area contributed by atoms with E-state index in [-0.39, 0.29) is 12.0 Å². The monoisotopic (exact) mass is 430 g/mol. The average Bonchev–Trinajstić information content (AvgIpc) is 3.07. The van der Waals surface area contributed by atoms with Crippen molar-refractivity contribution in [1.29, 1.82) is 0 Å². The van der Waals surface area contributed by atoms with Crippen molar-refractivity contribution in [3.8, 4) is 0 Å². The van der Waals surface area contributed by atoms with Gasteiger partial charge in [0.05, 0.1) is 24.4 Å². The maximum Gasteiger partial charge on any atom is 0.0883 e. The van der Waals surface area contributed by atoms with E-state index < -0.39 is 17.8 Å². The molecule has 4 nitrogen and oxygen atoms in total. The number of aliphatic hydroxyl groups excluding tert-OH is 3. The van der Waals surface area contributed by atoms with Crippen molar-refractivity contribution in [1.82, 2.24) is 0 Å². The van der Waals surface area contributed by atoms with Crippen LogP contribution in [0.15, 0.2) is 47.6 Å². The van der Waals surface area contributed by atoms with Crippen LogP contribution in [-0.4, -0.2) is 44.8 Å². The molecule has 0 aromatic carbocycles. The van der Waals surface area contributed by atoms with Crippen LogP contribution >= 0.6 is 0 Å². The normalized spacial score (nSPS) is 39.8. The first-order valence-electron chi connectivity index (χ1n) is 12.0. The van der Waals surface area contributed by atoms with E-state index in [1.54, 1.807) is 6.92 Å². The van der Waals surface area contributed by atoms with Crippen LogP contribution in [-0.2, 0) is 0 Å². The zero-order valence-corrected chi connectivity index (χ0v) is 19.6. The fraction of sp³-hybridized carbons (Fsp3) is 0.704. The molecule has 174 valence electrons. The Bertz CT molecular complexity index is 746. The van der Waals surface area contributed by atoms with Gasteiger partial charge in [-0.15, -0.1) is 0 Å². The summed E-state index contributed by atoms with van der Waals surface area (Å²) in [7, 11) is 0. The van der Waals surface area contributed by atoms with Crippen LogP contribution < -0.4 is 0 Å². The van der Waals surface area contributed by atoms with Crippen LogP contribution in [0.2, 0.25) is 0 Å². The summed E-state index contributed by atoms with van der Waals surface area (Å²) >= 11 is 0. The molecule has 0 bridgehead atoms. The summed E-state index contributed by atoms with van der Waals surface area (Å²) in [6.07, 6.45) is 14.9. The molecule has 0 heterocycles. The molecule has 0 amide bonds. The Balaban J connectivity index is 1.73. The van der Waals surface area contributed by atoms with Crippen LogP contribution in [0.5, 0.6) is 0 Å². The lowest BCUT2D eigenvalue weighted by Gasteiger charge is -2.44. The SMILES string of the molecule is C=C1/C(=C\C=C2/CCC[C@]3(C)C(C(C)/C=C/C[C@@](C)(O)CO)CC[C@@H]23)C[C@H](O)C[C@H]1O. The van der Waals surface area contributed by atoms with E-state index in [2.05, 4.69) is 38.7 Å². The van der Waals surface area contributed by atoms with Crippen molar-refractivity contribution in [3.63, 3.8) is 0 Å². The zero-order chi connectivity index (χ0) is 22.8. The van der Waals surface area contributed by atoms with Gasteiger partial charge in [0, 0.05) is 6.42 Å². The second-order valence-electron chi connectivity index (χ2n) is 10.8. The van der Waals surface area contributed by atoms with Crippen LogP contribution in [0, 0.1) is 23.2 Å². The summed E-state index contributed by atoms with van der Waals surface area (Å²) in [5.41, 5.74) is 2.46. The Morgan fingerprint density at radius 3 is 2.71 bits per heavy atom. The van der Waals surface area contributed by atoms with Gasteiger partial charge in [0.25, 0.3) is 0 Å². The summed E-state index contributed by atoms with van der Waals surface area (Å²) in [6.45, 7) is 10.2. The van der Waals surface area contributed by atoms with Crippen molar-refractivity contribution in [3.05, 3.63) is 47.6 Å². The lowest BCUT2D eigenvalue weighted by atomic mass is 9.61. The van der Waals surface area contributed by atoms with Gasteiger partial charge in [-0.1, -0.05) is 50.3 Å². The van der Waals surface area contributed by atoms with Crippen LogP contribution in [0.1, 0.15) is 72.1 Å². The Kier molecular flexibility index (Phi) is 7.68. The van der Waals surface area contributed by atoms with Gasteiger partial charge in [-0.2, -0.15) is 0 Å². The summed E-state index contributed by atoms with van der Waals surface area (Å²) in [4.78, 5) is 0. The van der Waals surface area contributed by atoms with Crippen molar-refractivity contribution in [2.75, 3.05) is 6.61 Å². The van der Waals surface area contributed by atoms with Crippen molar-refractivity contribution in [2.24, 2.45) is 23.2 Å². The Labute approximate surface area is 188 Å². The van der Waals surface area contributed by atoms with Crippen LogP contribution in [0.3, 0.4) is 0 Å². The number of rotatable bonds is 6. The third-order valence-corrected chi connectivity index (χ3v) is 8.27. The first kappa shape index (κ1) is 24.4. The molecule has 7 atom stereocenters. The van der Waals surface area contributed by atoms with Gasteiger partial charge in [-0.3, -0.25) is 0 Å². The molecule has 3 rings (SSSR count). The fourth-order valence-electron chi connectivity index (χ4n) is 6.34. The van der Waals surface area contributed by atoms with E-state index in [1.807, 2.05) is 6.08 Å². The highest BCUT2D eigenvalue weighted by molar-refractivity contribution is 5.38. The Morgan fingerprint density at radius 1 is 1.26 bits per heavy atom. The summed E-state index contributed by atoms with van der Waals surface area (Å²) < 4.78 is 0.